The van der Waals surface area contributed by atoms with Gasteiger partial charge in [-0.3, -0.25) is 4.79 Å². The fourth-order valence-electron chi connectivity index (χ4n) is 1.18. The second kappa shape index (κ2) is 4.42. The molecule has 0 aliphatic heterocycles. The number of carbonyl (C=O) groups excluding carboxylic acids is 1. The molecule has 0 aliphatic carbocycles. The van der Waals surface area contributed by atoms with E-state index < -0.39 is 0 Å². The molecule has 0 bridgehead atoms. The number of aryl methyl sites for hydroxylation is 1. The van der Waals surface area contributed by atoms with Crippen LogP contribution < -0.4 is 0 Å². The van der Waals surface area contributed by atoms with E-state index >= 15 is 0 Å². The number of hydrogen-bond donors (Lipinski definition) is 1. The van der Waals surface area contributed by atoms with Crippen LogP contribution in [0.2, 0.25) is 0 Å². The summed E-state index contributed by atoms with van der Waals surface area (Å²) in [7, 11) is 0. The second-order valence-corrected chi connectivity index (χ2v) is 3.65. The highest BCUT2D eigenvalue weighted by atomic mass is 79.9. The van der Waals surface area contributed by atoms with Crippen LogP contribution in [-0.2, 0) is 0 Å². The average molecular weight is 243 g/mol. The van der Waals surface area contributed by atoms with Crippen molar-refractivity contribution in [1.82, 2.24) is 0 Å². The van der Waals surface area contributed by atoms with Gasteiger partial charge in [-0.05, 0) is 30.7 Å². The maximum atomic E-state index is 11.5. The van der Waals surface area contributed by atoms with Gasteiger partial charge in [0.25, 0.3) is 0 Å². The zero-order chi connectivity index (χ0) is 9.84. The molecule has 13 heavy (non-hydrogen) atoms. The number of halogens is 1. The molecule has 0 fully saturated rings. The Kier molecular flexibility index (Phi) is 3.48. The Morgan fingerprint density at radius 1 is 1.54 bits per heavy atom. The van der Waals surface area contributed by atoms with Crippen LogP contribution in [-0.4, -0.2) is 16.2 Å². The number of carbonyl (C=O) groups is 1. The number of alkyl halides is 1. The van der Waals surface area contributed by atoms with Crippen molar-refractivity contribution in [3.63, 3.8) is 0 Å². The first-order valence-corrected chi connectivity index (χ1v) is 5.16. The van der Waals surface area contributed by atoms with Crippen molar-refractivity contribution in [2.75, 3.05) is 5.33 Å². The Labute approximate surface area is 85.7 Å². The van der Waals surface area contributed by atoms with Crippen LogP contribution in [0.4, 0.5) is 0 Å². The first-order chi connectivity index (χ1) is 6.15. The van der Waals surface area contributed by atoms with Crippen LogP contribution in [0.25, 0.3) is 0 Å². The molecular formula is C10H11BrO2. The minimum absolute atomic E-state index is 0.106. The number of aromatic hydroxyl groups is 1. The molecule has 0 amide bonds. The van der Waals surface area contributed by atoms with E-state index in [1.165, 1.54) is 6.07 Å². The highest BCUT2D eigenvalue weighted by molar-refractivity contribution is 9.09. The quantitative estimate of drug-likeness (QED) is 0.654. The molecule has 1 aromatic rings. The second-order valence-electron chi connectivity index (χ2n) is 2.86. The molecule has 0 radical (unpaired) electrons. The summed E-state index contributed by atoms with van der Waals surface area (Å²) in [5.74, 6) is 0.308. The summed E-state index contributed by atoms with van der Waals surface area (Å²) >= 11 is 3.22. The third kappa shape index (κ3) is 2.56. The summed E-state index contributed by atoms with van der Waals surface area (Å²) in [5.41, 5.74) is 1.52. The van der Waals surface area contributed by atoms with Gasteiger partial charge in [-0.25, -0.2) is 0 Å². The lowest BCUT2D eigenvalue weighted by atomic mass is 10.0. The molecule has 0 atom stereocenters. The molecular weight excluding hydrogens is 232 g/mol. The van der Waals surface area contributed by atoms with Gasteiger partial charge in [0.2, 0.25) is 0 Å². The van der Waals surface area contributed by atoms with Gasteiger partial charge in [0, 0.05) is 17.3 Å². The van der Waals surface area contributed by atoms with Crippen molar-refractivity contribution < 1.29 is 9.90 Å². The van der Waals surface area contributed by atoms with E-state index in [-0.39, 0.29) is 11.5 Å². The number of benzene rings is 1. The maximum Gasteiger partial charge on any atom is 0.163 e. The molecule has 2 nitrogen and oxygen atoms in total. The lowest BCUT2D eigenvalue weighted by Gasteiger charge is -2.03. The van der Waals surface area contributed by atoms with Crippen LogP contribution in [0.1, 0.15) is 22.3 Å². The van der Waals surface area contributed by atoms with Crippen LogP contribution >= 0.6 is 15.9 Å². The predicted molar refractivity (Wildman–Crippen MR) is 55.6 cm³/mol. The van der Waals surface area contributed by atoms with E-state index in [2.05, 4.69) is 15.9 Å². The number of hydrogen-bond acceptors (Lipinski definition) is 2. The summed E-state index contributed by atoms with van der Waals surface area (Å²) in [4.78, 5) is 11.5. The van der Waals surface area contributed by atoms with Crippen LogP contribution in [0.3, 0.4) is 0 Å². The van der Waals surface area contributed by atoms with Crippen LogP contribution in [0.5, 0.6) is 5.75 Å². The first kappa shape index (κ1) is 10.3. The maximum absolute atomic E-state index is 11.5. The summed E-state index contributed by atoms with van der Waals surface area (Å²) in [6, 6.07) is 4.80. The SMILES string of the molecule is Cc1cc(O)ccc1C(=O)CCBr. The van der Waals surface area contributed by atoms with Gasteiger partial charge in [-0.15, -0.1) is 0 Å². The Bertz CT molecular complexity index is 321. The number of phenols is 1. The zero-order valence-corrected chi connectivity index (χ0v) is 8.97. The standard InChI is InChI=1S/C10H11BrO2/c1-7-6-8(12)2-3-9(7)10(13)4-5-11/h2-3,6,12H,4-5H2,1H3. The van der Waals surface area contributed by atoms with Gasteiger partial charge in [-0.1, -0.05) is 15.9 Å². The molecule has 1 rings (SSSR count). The van der Waals surface area contributed by atoms with E-state index in [0.29, 0.717) is 17.3 Å². The van der Waals surface area contributed by atoms with Gasteiger partial charge >= 0.3 is 0 Å². The summed E-state index contributed by atoms with van der Waals surface area (Å²) in [6.45, 7) is 1.82. The highest BCUT2D eigenvalue weighted by Gasteiger charge is 2.07. The molecule has 0 aromatic heterocycles. The fourth-order valence-corrected chi connectivity index (χ4v) is 1.54. The molecule has 1 N–H and O–H groups in total. The Balaban J connectivity index is 2.95. The van der Waals surface area contributed by atoms with E-state index in [9.17, 15) is 4.79 Å². The molecule has 0 heterocycles. The molecule has 0 saturated carbocycles. The third-order valence-electron chi connectivity index (χ3n) is 1.83. The Morgan fingerprint density at radius 2 is 2.23 bits per heavy atom. The van der Waals surface area contributed by atoms with E-state index in [1.807, 2.05) is 6.92 Å². The lowest BCUT2D eigenvalue weighted by Crippen LogP contribution is -2.01. The largest absolute Gasteiger partial charge is 0.508 e. The van der Waals surface area contributed by atoms with Gasteiger partial charge in [0.15, 0.2) is 5.78 Å². The molecule has 3 heteroatoms. The molecule has 0 spiro atoms. The molecule has 1 aromatic carbocycles. The lowest BCUT2D eigenvalue weighted by molar-refractivity contribution is 0.0989. The summed E-state index contributed by atoms with van der Waals surface area (Å²) in [6.07, 6.45) is 0.492. The molecule has 70 valence electrons. The normalized spacial score (nSPS) is 10.0. The number of ketones is 1. The Hall–Kier alpha value is -0.830. The number of Topliss-reactive ketones (excluding diaryl/α,β-unsaturated/α-hetero) is 1. The molecule has 0 unspecified atom stereocenters. The fraction of sp³-hybridized carbons (Fsp3) is 0.300. The van der Waals surface area contributed by atoms with E-state index in [4.69, 9.17) is 5.11 Å². The van der Waals surface area contributed by atoms with Gasteiger partial charge < -0.3 is 5.11 Å². The van der Waals surface area contributed by atoms with Crippen molar-refractivity contribution in [2.24, 2.45) is 0 Å². The monoisotopic (exact) mass is 242 g/mol. The van der Waals surface area contributed by atoms with Gasteiger partial charge in [0.05, 0.1) is 0 Å². The summed E-state index contributed by atoms with van der Waals surface area (Å²) in [5, 5.41) is 9.80. The van der Waals surface area contributed by atoms with Crippen molar-refractivity contribution >= 4 is 21.7 Å². The number of phenolic OH excluding ortho intramolecular Hbond substituents is 1. The average Bonchev–Trinajstić information content (AvgIpc) is 2.04. The first-order valence-electron chi connectivity index (χ1n) is 4.04. The summed E-state index contributed by atoms with van der Waals surface area (Å²) < 4.78 is 0. The molecule has 0 saturated heterocycles. The van der Waals surface area contributed by atoms with Crippen molar-refractivity contribution in [3.05, 3.63) is 29.3 Å². The van der Waals surface area contributed by atoms with Crippen LogP contribution in [0, 0.1) is 6.92 Å². The molecule has 0 aliphatic rings. The third-order valence-corrected chi connectivity index (χ3v) is 2.23. The topological polar surface area (TPSA) is 37.3 Å². The van der Waals surface area contributed by atoms with Crippen molar-refractivity contribution in [1.29, 1.82) is 0 Å². The van der Waals surface area contributed by atoms with E-state index in [1.54, 1.807) is 12.1 Å². The van der Waals surface area contributed by atoms with Gasteiger partial charge in [0.1, 0.15) is 5.75 Å². The number of rotatable bonds is 3. The minimum Gasteiger partial charge on any atom is -0.508 e. The Morgan fingerprint density at radius 3 is 2.77 bits per heavy atom. The highest BCUT2D eigenvalue weighted by Crippen LogP contribution is 2.17. The smallest absolute Gasteiger partial charge is 0.163 e. The zero-order valence-electron chi connectivity index (χ0n) is 7.38. The minimum atomic E-state index is 0.106. The van der Waals surface area contributed by atoms with Gasteiger partial charge in [-0.2, -0.15) is 0 Å². The van der Waals surface area contributed by atoms with Crippen molar-refractivity contribution in [3.8, 4) is 5.75 Å². The van der Waals surface area contributed by atoms with Crippen LogP contribution in [0.15, 0.2) is 18.2 Å². The van der Waals surface area contributed by atoms with Crippen molar-refractivity contribution in [2.45, 2.75) is 13.3 Å². The predicted octanol–water partition coefficient (Wildman–Crippen LogP) is 2.67. The van der Waals surface area contributed by atoms with E-state index in [0.717, 1.165) is 5.56 Å².